The van der Waals surface area contributed by atoms with E-state index in [-0.39, 0.29) is 30.4 Å². The normalized spacial score (nSPS) is 19.2. The number of hydrogen-bond acceptors (Lipinski definition) is 8. The van der Waals surface area contributed by atoms with Gasteiger partial charge in [-0.2, -0.15) is 4.31 Å². The van der Waals surface area contributed by atoms with Crippen LogP contribution in [0.25, 0.3) is 11.0 Å². The molecule has 4 heterocycles. The molecule has 2 aliphatic heterocycles. The Morgan fingerprint density at radius 1 is 1.19 bits per heavy atom. The summed E-state index contributed by atoms with van der Waals surface area (Å²) in [7, 11) is -3.87. The van der Waals surface area contributed by atoms with Crippen LogP contribution >= 0.6 is 0 Å². The molecular formula is C30H34N6O5S. The first-order valence-corrected chi connectivity index (χ1v) is 15.6. The van der Waals surface area contributed by atoms with Gasteiger partial charge in [0, 0.05) is 38.3 Å². The molecule has 2 atom stereocenters. The number of aromatic nitrogens is 4. The van der Waals surface area contributed by atoms with Crippen molar-refractivity contribution in [2.45, 2.75) is 57.1 Å². The molecule has 1 saturated heterocycles. The van der Waals surface area contributed by atoms with Gasteiger partial charge in [-0.05, 0) is 66.8 Å². The molecule has 220 valence electrons. The predicted molar refractivity (Wildman–Crippen MR) is 157 cm³/mol. The van der Waals surface area contributed by atoms with E-state index in [2.05, 4.69) is 15.3 Å². The third kappa shape index (κ3) is 4.93. The second-order valence-corrected chi connectivity index (χ2v) is 12.8. The summed E-state index contributed by atoms with van der Waals surface area (Å²) in [5, 5.41) is 18.5. The molecule has 12 heteroatoms. The van der Waals surface area contributed by atoms with Crippen molar-refractivity contribution in [2.24, 2.45) is 0 Å². The van der Waals surface area contributed by atoms with E-state index in [1.807, 2.05) is 60.7 Å². The first-order valence-electron chi connectivity index (χ1n) is 14.1. The van der Waals surface area contributed by atoms with Gasteiger partial charge in [0.05, 0.1) is 31.2 Å². The number of carboxylic acid groups (broad SMARTS) is 1. The lowest BCUT2D eigenvalue weighted by Gasteiger charge is -2.36. The molecule has 42 heavy (non-hydrogen) atoms. The average Bonchev–Trinajstić information content (AvgIpc) is 3.38. The van der Waals surface area contributed by atoms with E-state index < -0.39 is 21.9 Å². The van der Waals surface area contributed by atoms with Gasteiger partial charge in [0.1, 0.15) is 16.2 Å². The van der Waals surface area contributed by atoms with Gasteiger partial charge in [-0.1, -0.05) is 29.5 Å². The van der Waals surface area contributed by atoms with Gasteiger partial charge in [0.15, 0.2) is 0 Å². The highest BCUT2D eigenvalue weighted by Gasteiger charge is 2.39. The quantitative estimate of drug-likeness (QED) is 0.344. The second kappa shape index (κ2) is 11.1. The maximum Gasteiger partial charge on any atom is 0.304 e. The molecule has 1 N–H and O–H groups in total. The molecule has 11 nitrogen and oxygen atoms in total. The molecule has 1 fully saturated rings. The monoisotopic (exact) mass is 590 g/mol. The minimum absolute atomic E-state index is 0.119. The first kappa shape index (κ1) is 28.3. The summed E-state index contributed by atoms with van der Waals surface area (Å²) >= 11 is 0. The molecule has 6 rings (SSSR count). The van der Waals surface area contributed by atoms with Gasteiger partial charge in [-0.15, -0.1) is 5.10 Å². The summed E-state index contributed by atoms with van der Waals surface area (Å²) in [6.45, 7) is 8.46. The lowest BCUT2D eigenvalue weighted by Crippen LogP contribution is -2.50. The Kier molecular flexibility index (Phi) is 7.46. The molecule has 4 aromatic rings. The van der Waals surface area contributed by atoms with E-state index in [0.717, 1.165) is 38.9 Å². The highest BCUT2D eigenvalue weighted by Crippen LogP contribution is 2.36. The third-order valence-electron chi connectivity index (χ3n) is 8.44. The van der Waals surface area contributed by atoms with E-state index in [1.54, 1.807) is 18.3 Å². The van der Waals surface area contributed by atoms with Crippen molar-refractivity contribution in [3.05, 3.63) is 76.5 Å². The highest BCUT2D eigenvalue weighted by atomic mass is 32.2. The fourth-order valence-electron chi connectivity index (χ4n) is 6.15. The number of rotatable bonds is 7. The standard InChI is InChI=1S/C30H34N6O5S/c1-4-36-26-10-9-24(20(3)29(26)32-33-36)25(15-28(37)38)21-8-7-19(2)22(14-21)16-34-17-23-18-41-13-12-35(23)30-27(42(34,39)40)6-5-11-31-30/h5-11,14,23,25H,4,12-13,15-18H2,1-3H3,(H,37,38)/t23-,25?/m0/s1. The molecule has 0 amide bonds. The van der Waals surface area contributed by atoms with Crippen LogP contribution in [0.5, 0.6) is 0 Å². The van der Waals surface area contributed by atoms with Crippen molar-refractivity contribution in [1.29, 1.82) is 0 Å². The van der Waals surface area contributed by atoms with E-state index >= 15 is 0 Å². The zero-order valence-electron chi connectivity index (χ0n) is 23.9. The molecule has 0 radical (unpaired) electrons. The number of carboxylic acids is 1. The molecule has 1 unspecified atom stereocenters. The Labute approximate surface area is 244 Å². The molecule has 0 bridgehead atoms. The molecular weight excluding hydrogens is 556 g/mol. The van der Waals surface area contributed by atoms with Gasteiger partial charge < -0.3 is 14.7 Å². The summed E-state index contributed by atoms with van der Waals surface area (Å²) in [5.74, 6) is -0.910. The summed E-state index contributed by atoms with van der Waals surface area (Å²) in [6, 6.07) is 12.8. The fraction of sp³-hybridized carbons (Fsp3) is 0.400. The number of hydrogen-bond donors (Lipinski definition) is 1. The minimum Gasteiger partial charge on any atom is -0.481 e. The van der Waals surface area contributed by atoms with Crippen LogP contribution in [0.2, 0.25) is 0 Å². The number of nitrogens with zero attached hydrogens (tertiary/aromatic N) is 6. The van der Waals surface area contributed by atoms with E-state index in [1.165, 1.54) is 4.31 Å². The molecule has 0 aliphatic carbocycles. The van der Waals surface area contributed by atoms with E-state index in [9.17, 15) is 18.3 Å². The van der Waals surface area contributed by atoms with Crippen LogP contribution in [0, 0.1) is 13.8 Å². The number of aryl methyl sites for hydroxylation is 3. The minimum atomic E-state index is -3.87. The fourth-order valence-corrected chi connectivity index (χ4v) is 7.76. The molecule has 2 aromatic heterocycles. The number of ether oxygens (including phenoxy) is 1. The van der Waals surface area contributed by atoms with E-state index in [0.29, 0.717) is 32.1 Å². The van der Waals surface area contributed by atoms with Gasteiger partial charge in [-0.3, -0.25) is 4.79 Å². The maximum atomic E-state index is 14.0. The van der Waals surface area contributed by atoms with Crippen molar-refractivity contribution in [3.8, 4) is 0 Å². The van der Waals surface area contributed by atoms with Crippen molar-refractivity contribution < 1.29 is 23.1 Å². The van der Waals surface area contributed by atoms with Crippen molar-refractivity contribution in [2.75, 3.05) is 31.2 Å². The molecule has 0 spiro atoms. The van der Waals surface area contributed by atoms with Crippen LogP contribution < -0.4 is 4.90 Å². The highest BCUT2D eigenvalue weighted by molar-refractivity contribution is 7.89. The number of sulfonamides is 1. The number of morpholine rings is 1. The molecule has 2 aliphatic rings. The van der Waals surface area contributed by atoms with Crippen LogP contribution in [-0.2, 0) is 32.6 Å². The van der Waals surface area contributed by atoms with Crippen LogP contribution in [0.4, 0.5) is 5.82 Å². The Bertz CT molecular complexity index is 1770. The van der Waals surface area contributed by atoms with Gasteiger partial charge in [-0.25, -0.2) is 18.1 Å². The van der Waals surface area contributed by atoms with Crippen molar-refractivity contribution >= 4 is 32.8 Å². The van der Waals surface area contributed by atoms with Gasteiger partial charge in [0.2, 0.25) is 10.0 Å². The largest absolute Gasteiger partial charge is 0.481 e. The van der Waals surface area contributed by atoms with Crippen LogP contribution in [0.1, 0.15) is 47.1 Å². The van der Waals surface area contributed by atoms with Crippen LogP contribution in [-0.4, -0.2) is 76.1 Å². The van der Waals surface area contributed by atoms with Gasteiger partial charge >= 0.3 is 5.97 Å². The molecule has 0 saturated carbocycles. The predicted octanol–water partition coefficient (Wildman–Crippen LogP) is 3.48. The number of carbonyl (C=O) groups is 1. The second-order valence-electron chi connectivity index (χ2n) is 10.9. The lowest BCUT2D eigenvalue weighted by atomic mass is 9.84. The third-order valence-corrected chi connectivity index (χ3v) is 10.3. The van der Waals surface area contributed by atoms with Gasteiger partial charge in [0.25, 0.3) is 0 Å². The zero-order valence-corrected chi connectivity index (χ0v) is 24.7. The summed E-state index contributed by atoms with van der Waals surface area (Å²) < 4.78 is 37.0. The Morgan fingerprint density at radius 2 is 2.02 bits per heavy atom. The maximum absolute atomic E-state index is 14.0. The smallest absolute Gasteiger partial charge is 0.304 e. The summed E-state index contributed by atoms with van der Waals surface area (Å²) in [4.78, 5) is 18.8. The Hall–Kier alpha value is -3.87. The number of anilines is 1. The summed E-state index contributed by atoms with van der Waals surface area (Å²) in [6.07, 6.45) is 1.50. The Morgan fingerprint density at radius 3 is 2.81 bits per heavy atom. The van der Waals surface area contributed by atoms with Crippen molar-refractivity contribution in [1.82, 2.24) is 24.3 Å². The van der Waals surface area contributed by atoms with E-state index in [4.69, 9.17) is 4.74 Å². The molecule has 2 aromatic carbocycles. The topological polar surface area (TPSA) is 131 Å². The number of aliphatic carboxylic acids is 1. The number of fused-ring (bicyclic) bond motifs is 4. The summed E-state index contributed by atoms with van der Waals surface area (Å²) in [5.41, 5.74) is 5.95. The number of pyridine rings is 1. The van der Waals surface area contributed by atoms with Crippen molar-refractivity contribution in [3.63, 3.8) is 0 Å². The lowest BCUT2D eigenvalue weighted by molar-refractivity contribution is -0.137. The zero-order chi connectivity index (χ0) is 29.6. The van der Waals surface area contributed by atoms with Crippen LogP contribution in [0.3, 0.4) is 0 Å². The number of benzene rings is 2. The first-order chi connectivity index (χ1) is 20.2. The SMILES string of the molecule is CCn1nnc2c(C)c(C(CC(=O)O)c3ccc(C)c(CN4C[C@H]5COCCN5c5ncccc5S4(=O)=O)c3)ccc21. The van der Waals surface area contributed by atoms with Crippen LogP contribution in [0.15, 0.2) is 53.6 Å². The average molecular weight is 591 g/mol. The Balaban J connectivity index is 1.40.